The molecule has 0 amide bonds. The molecule has 0 unspecified atom stereocenters. The minimum absolute atomic E-state index is 0.335. The van der Waals surface area contributed by atoms with Crippen LogP contribution in [0.15, 0.2) is 78.0 Å². The summed E-state index contributed by atoms with van der Waals surface area (Å²) in [5.41, 5.74) is 3.30. The first kappa shape index (κ1) is 23.9. The van der Waals surface area contributed by atoms with Crippen LogP contribution in [0.2, 0.25) is 0 Å². The fraction of sp³-hybridized carbons (Fsp3) is 0.200. The molecule has 0 aliphatic carbocycles. The van der Waals surface area contributed by atoms with E-state index >= 15 is 0 Å². The van der Waals surface area contributed by atoms with Crippen molar-refractivity contribution in [3.05, 3.63) is 89.1 Å². The summed E-state index contributed by atoms with van der Waals surface area (Å²) < 4.78 is 49.6. The lowest BCUT2D eigenvalue weighted by molar-refractivity contribution is -0.274. The number of anilines is 1. The van der Waals surface area contributed by atoms with Gasteiger partial charge in [-0.2, -0.15) is 5.10 Å². The molecule has 7 nitrogen and oxygen atoms in total. The number of rotatable bonds is 7. The van der Waals surface area contributed by atoms with E-state index in [1.807, 2.05) is 42.4 Å². The van der Waals surface area contributed by atoms with Crippen molar-refractivity contribution in [3.63, 3.8) is 0 Å². The molecule has 0 fully saturated rings. The van der Waals surface area contributed by atoms with Crippen LogP contribution in [0.5, 0.6) is 11.5 Å². The van der Waals surface area contributed by atoms with Crippen LogP contribution in [-0.2, 0) is 13.6 Å². The van der Waals surface area contributed by atoms with Gasteiger partial charge in [-0.1, -0.05) is 12.1 Å². The second-order valence-electron chi connectivity index (χ2n) is 7.93. The normalized spacial score (nSPS) is 11.4. The Bertz CT molecular complexity index is 1360. The molecular weight excluding hydrogens is 461 g/mol. The number of benzene rings is 2. The largest absolute Gasteiger partial charge is 0.573 e. The first-order valence-corrected chi connectivity index (χ1v) is 10.6. The maximum atomic E-state index is 13.1. The zero-order valence-corrected chi connectivity index (χ0v) is 19.3. The number of ether oxygens (including phenoxy) is 2. The van der Waals surface area contributed by atoms with E-state index in [9.17, 15) is 18.0 Å². The smallest absolute Gasteiger partial charge is 0.497 e. The summed E-state index contributed by atoms with van der Waals surface area (Å²) in [6.45, 7) is 0.532. The zero-order valence-electron chi connectivity index (χ0n) is 19.3. The van der Waals surface area contributed by atoms with Crippen LogP contribution in [0.1, 0.15) is 5.56 Å². The molecule has 0 bridgehead atoms. The summed E-state index contributed by atoms with van der Waals surface area (Å²) >= 11 is 0. The maximum Gasteiger partial charge on any atom is 0.573 e. The van der Waals surface area contributed by atoms with Gasteiger partial charge in [-0.3, -0.25) is 14.0 Å². The van der Waals surface area contributed by atoms with Crippen molar-refractivity contribution < 1.29 is 22.6 Å². The number of methoxy groups -OCH3 is 1. The molecule has 2 heterocycles. The van der Waals surface area contributed by atoms with E-state index in [2.05, 4.69) is 9.84 Å². The van der Waals surface area contributed by atoms with Crippen LogP contribution in [0, 0.1) is 0 Å². The number of pyridine rings is 1. The van der Waals surface area contributed by atoms with Crippen molar-refractivity contribution in [2.45, 2.75) is 12.9 Å². The van der Waals surface area contributed by atoms with E-state index in [4.69, 9.17) is 4.74 Å². The molecule has 0 N–H and O–H groups in total. The van der Waals surface area contributed by atoms with Crippen molar-refractivity contribution in [1.82, 2.24) is 14.3 Å². The summed E-state index contributed by atoms with van der Waals surface area (Å²) in [6.07, 6.45) is 0.394. The van der Waals surface area contributed by atoms with Crippen molar-refractivity contribution in [1.29, 1.82) is 0 Å². The average molecular weight is 484 g/mol. The highest BCUT2D eigenvalue weighted by atomic mass is 19.4. The van der Waals surface area contributed by atoms with Crippen LogP contribution >= 0.6 is 0 Å². The number of alkyl halides is 3. The van der Waals surface area contributed by atoms with Crippen LogP contribution < -0.4 is 19.9 Å². The predicted octanol–water partition coefficient (Wildman–Crippen LogP) is 4.78. The third kappa shape index (κ3) is 5.65. The highest BCUT2D eigenvalue weighted by Gasteiger charge is 2.31. The fourth-order valence-corrected chi connectivity index (χ4v) is 3.72. The van der Waals surface area contributed by atoms with Crippen molar-refractivity contribution in [2.24, 2.45) is 7.05 Å². The number of aromatic nitrogens is 3. The van der Waals surface area contributed by atoms with E-state index in [1.165, 1.54) is 34.9 Å². The molecule has 0 atom stereocenters. The standard InChI is InChI=1S/C25H23F3N4O3/c1-30(14-17-4-8-20(34-3)9-5-17)23-12-24(33)32(16-22(23)18-13-29-31(2)15-18)19-6-10-21(11-7-19)35-25(26,27)28/h4-13,15-16H,14H2,1-3H3. The molecule has 0 aliphatic heterocycles. The molecule has 4 rings (SSSR count). The summed E-state index contributed by atoms with van der Waals surface area (Å²) in [5.74, 6) is 0.388. The van der Waals surface area contributed by atoms with Gasteiger partial charge in [-0.25, -0.2) is 0 Å². The van der Waals surface area contributed by atoms with Gasteiger partial charge < -0.3 is 14.4 Å². The van der Waals surface area contributed by atoms with E-state index in [0.717, 1.165) is 22.4 Å². The molecule has 4 aromatic rings. The Balaban J connectivity index is 1.72. The van der Waals surface area contributed by atoms with Crippen LogP contribution in [0.4, 0.5) is 18.9 Å². The Morgan fingerprint density at radius 1 is 1.00 bits per heavy atom. The maximum absolute atomic E-state index is 13.1. The summed E-state index contributed by atoms with van der Waals surface area (Å²) in [4.78, 5) is 15.0. The number of hydrogen-bond acceptors (Lipinski definition) is 5. The topological polar surface area (TPSA) is 61.5 Å². The minimum atomic E-state index is -4.79. The summed E-state index contributed by atoms with van der Waals surface area (Å²) in [6, 6.07) is 14.3. The Labute approximate surface area is 199 Å². The van der Waals surface area contributed by atoms with E-state index in [1.54, 1.807) is 31.2 Å². The lowest BCUT2D eigenvalue weighted by Gasteiger charge is -2.23. The van der Waals surface area contributed by atoms with Gasteiger partial charge in [0.15, 0.2) is 0 Å². The van der Waals surface area contributed by atoms with Gasteiger partial charge in [0.05, 0.1) is 19.0 Å². The highest BCUT2D eigenvalue weighted by Crippen LogP contribution is 2.31. The van der Waals surface area contributed by atoms with Gasteiger partial charge in [-0.05, 0) is 42.0 Å². The Morgan fingerprint density at radius 3 is 2.23 bits per heavy atom. The lowest BCUT2D eigenvalue weighted by Crippen LogP contribution is -2.23. The zero-order chi connectivity index (χ0) is 25.2. The molecule has 0 radical (unpaired) electrons. The molecule has 0 spiro atoms. The van der Waals surface area contributed by atoms with Crippen LogP contribution in [0.25, 0.3) is 16.8 Å². The molecule has 0 saturated heterocycles. The minimum Gasteiger partial charge on any atom is -0.497 e. The SMILES string of the molecule is COc1ccc(CN(C)c2cc(=O)n(-c3ccc(OC(F)(F)F)cc3)cc2-c2cnn(C)c2)cc1. The summed E-state index contributed by atoms with van der Waals surface area (Å²) in [7, 11) is 5.28. The van der Waals surface area contributed by atoms with Crippen molar-refractivity contribution in [3.8, 4) is 28.3 Å². The molecule has 182 valence electrons. The second-order valence-corrected chi connectivity index (χ2v) is 7.93. The highest BCUT2D eigenvalue weighted by molar-refractivity contribution is 5.77. The molecule has 2 aromatic heterocycles. The van der Waals surface area contributed by atoms with E-state index in [0.29, 0.717) is 17.9 Å². The Kier molecular flexibility index (Phi) is 6.54. The van der Waals surface area contributed by atoms with Gasteiger partial charge in [0.1, 0.15) is 11.5 Å². The first-order chi connectivity index (χ1) is 16.6. The van der Waals surface area contributed by atoms with Crippen LogP contribution in [-0.4, -0.2) is 34.9 Å². The third-order valence-corrected chi connectivity index (χ3v) is 5.39. The lowest BCUT2D eigenvalue weighted by atomic mass is 10.1. The van der Waals surface area contributed by atoms with Crippen molar-refractivity contribution in [2.75, 3.05) is 19.1 Å². The summed E-state index contributed by atoms with van der Waals surface area (Å²) in [5, 5.41) is 4.24. The predicted molar refractivity (Wildman–Crippen MR) is 126 cm³/mol. The molecule has 10 heteroatoms. The van der Waals surface area contributed by atoms with E-state index < -0.39 is 6.36 Å². The Hall–Kier alpha value is -4.21. The molecule has 35 heavy (non-hydrogen) atoms. The quantitative estimate of drug-likeness (QED) is 0.378. The number of aryl methyl sites for hydroxylation is 1. The Morgan fingerprint density at radius 2 is 1.66 bits per heavy atom. The van der Waals surface area contributed by atoms with Crippen molar-refractivity contribution >= 4 is 5.69 Å². The number of halogens is 3. The molecule has 0 saturated carbocycles. The van der Waals surface area contributed by atoms with Crippen LogP contribution in [0.3, 0.4) is 0 Å². The monoisotopic (exact) mass is 484 g/mol. The molecule has 2 aromatic carbocycles. The number of hydrogen-bond donors (Lipinski definition) is 0. The third-order valence-electron chi connectivity index (χ3n) is 5.39. The second kappa shape index (κ2) is 9.57. The fourth-order valence-electron chi connectivity index (χ4n) is 3.72. The average Bonchev–Trinajstić information content (AvgIpc) is 3.25. The van der Waals surface area contributed by atoms with Gasteiger partial charge in [-0.15, -0.1) is 13.2 Å². The van der Waals surface area contributed by atoms with E-state index in [-0.39, 0.29) is 11.3 Å². The molecule has 0 aliphatic rings. The first-order valence-electron chi connectivity index (χ1n) is 10.6. The van der Waals surface area contributed by atoms with Gasteiger partial charge in [0, 0.05) is 55.9 Å². The number of nitrogens with zero attached hydrogens (tertiary/aromatic N) is 4. The van der Waals surface area contributed by atoms with Gasteiger partial charge in [0.2, 0.25) is 0 Å². The van der Waals surface area contributed by atoms with Gasteiger partial charge in [0.25, 0.3) is 5.56 Å². The molecular formula is C25H23F3N4O3. The van der Waals surface area contributed by atoms with Gasteiger partial charge >= 0.3 is 6.36 Å².